The van der Waals surface area contributed by atoms with Gasteiger partial charge in [0, 0.05) is 13.5 Å². The highest BCUT2D eigenvalue weighted by molar-refractivity contribution is 5.83. The number of nitrogens with zero attached hydrogens (tertiary/aromatic N) is 2. The van der Waals surface area contributed by atoms with E-state index >= 15 is 0 Å². The fraction of sp³-hybridized carbons (Fsp3) is 0.857. The van der Waals surface area contributed by atoms with Crippen molar-refractivity contribution in [1.82, 2.24) is 9.80 Å². The summed E-state index contributed by atoms with van der Waals surface area (Å²) in [5.41, 5.74) is 0. The second kappa shape index (κ2) is 8.15. The molecule has 110 valence electrons. The van der Waals surface area contributed by atoms with Crippen molar-refractivity contribution in [2.75, 3.05) is 26.7 Å². The summed E-state index contributed by atoms with van der Waals surface area (Å²) < 4.78 is 0. The molecular formula is C14H26N2O3. The smallest absolute Gasteiger partial charge is 0.326 e. The van der Waals surface area contributed by atoms with Crippen LogP contribution in [0.5, 0.6) is 0 Å². The lowest BCUT2D eigenvalue weighted by molar-refractivity contribution is -0.149. The van der Waals surface area contributed by atoms with E-state index in [-0.39, 0.29) is 5.91 Å². The van der Waals surface area contributed by atoms with Crippen LogP contribution in [-0.2, 0) is 9.59 Å². The zero-order valence-electron chi connectivity index (χ0n) is 12.1. The first-order chi connectivity index (χ1) is 9.06. The Labute approximate surface area is 115 Å². The number of piperidine rings is 1. The minimum absolute atomic E-state index is 0.0636. The van der Waals surface area contributed by atoms with E-state index in [0.29, 0.717) is 12.8 Å². The SMILES string of the molecule is CCC(C(=O)O)N(C)C(=O)CCCN1CCCCC1. The van der Waals surface area contributed by atoms with E-state index in [4.69, 9.17) is 5.11 Å². The van der Waals surface area contributed by atoms with Gasteiger partial charge >= 0.3 is 5.97 Å². The molecule has 0 aromatic rings. The number of carboxylic acid groups (broad SMARTS) is 1. The highest BCUT2D eigenvalue weighted by atomic mass is 16.4. The third-order valence-electron chi connectivity index (χ3n) is 3.85. The first-order valence-electron chi connectivity index (χ1n) is 7.27. The quantitative estimate of drug-likeness (QED) is 0.763. The minimum atomic E-state index is -0.922. The van der Waals surface area contributed by atoms with Gasteiger partial charge in [-0.15, -0.1) is 0 Å². The van der Waals surface area contributed by atoms with E-state index in [2.05, 4.69) is 4.90 Å². The first kappa shape index (κ1) is 16.0. The Morgan fingerprint density at radius 2 is 1.89 bits per heavy atom. The van der Waals surface area contributed by atoms with Gasteiger partial charge in [0.05, 0.1) is 0 Å². The number of likely N-dealkylation sites (tertiary alicyclic amines) is 1. The van der Waals surface area contributed by atoms with Crippen LogP contribution in [0, 0.1) is 0 Å². The average molecular weight is 270 g/mol. The molecule has 1 N–H and O–H groups in total. The molecule has 1 aliphatic heterocycles. The van der Waals surface area contributed by atoms with Crippen LogP contribution in [0.1, 0.15) is 45.4 Å². The van der Waals surface area contributed by atoms with Crippen LogP contribution in [0.25, 0.3) is 0 Å². The highest BCUT2D eigenvalue weighted by Crippen LogP contribution is 2.10. The molecule has 0 saturated carbocycles. The maximum Gasteiger partial charge on any atom is 0.326 e. The third-order valence-corrected chi connectivity index (χ3v) is 3.85. The van der Waals surface area contributed by atoms with Crippen LogP contribution >= 0.6 is 0 Å². The number of hydrogen-bond donors (Lipinski definition) is 1. The summed E-state index contributed by atoms with van der Waals surface area (Å²) in [6.07, 6.45) is 5.53. The Bertz CT molecular complexity index is 301. The van der Waals surface area contributed by atoms with Crippen molar-refractivity contribution in [2.45, 2.75) is 51.5 Å². The van der Waals surface area contributed by atoms with Gasteiger partial charge < -0.3 is 14.9 Å². The second-order valence-corrected chi connectivity index (χ2v) is 5.27. The zero-order chi connectivity index (χ0) is 14.3. The first-order valence-corrected chi connectivity index (χ1v) is 7.27. The standard InChI is InChI=1S/C14H26N2O3/c1-3-12(14(18)19)15(2)13(17)8-7-11-16-9-5-4-6-10-16/h12H,3-11H2,1-2H3,(H,18,19). The van der Waals surface area contributed by atoms with Crippen LogP contribution in [0.2, 0.25) is 0 Å². The van der Waals surface area contributed by atoms with Gasteiger partial charge in [-0.3, -0.25) is 4.79 Å². The van der Waals surface area contributed by atoms with Crippen LogP contribution in [0.4, 0.5) is 0 Å². The monoisotopic (exact) mass is 270 g/mol. The van der Waals surface area contributed by atoms with E-state index in [0.717, 1.165) is 26.1 Å². The predicted molar refractivity (Wildman–Crippen MR) is 74.0 cm³/mol. The summed E-state index contributed by atoms with van der Waals surface area (Å²) in [6, 6.07) is -0.692. The van der Waals surface area contributed by atoms with Crippen molar-refractivity contribution >= 4 is 11.9 Å². The minimum Gasteiger partial charge on any atom is -0.480 e. The number of likely N-dealkylation sites (N-methyl/N-ethyl adjacent to an activating group) is 1. The van der Waals surface area contributed by atoms with E-state index in [1.165, 1.54) is 24.2 Å². The second-order valence-electron chi connectivity index (χ2n) is 5.27. The van der Waals surface area contributed by atoms with Crippen LogP contribution in [0.3, 0.4) is 0 Å². The molecule has 0 radical (unpaired) electrons. The number of aliphatic carboxylic acids is 1. The van der Waals surface area contributed by atoms with Gasteiger partial charge in [0.25, 0.3) is 0 Å². The molecule has 0 aliphatic carbocycles. The number of carboxylic acids is 1. The molecule has 1 rings (SSSR count). The molecule has 5 heteroatoms. The molecule has 5 nitrogen and oxygen atoms in total. The largest absolute Gasteiger partial charge is 0.480 e. The van der Waals surface area contributed by atoms with Crippen molar-refractivity contribution in [3.8, 4) is 0 Å². The van der Waals surface area contributed by atoms with E-state index < -0.39 is 12.0 Å². The van der Waals surface area contributed by atoms with Crippen molar-refractivity contribution in [3.63, 3.8) is 0 Å². The Kier molecular flexibility index (Phi) is 6.84. The summed E-state index contributed by atoms with van der Waals surface area (Å²) in [6.45, 7) is 5.01. The van der Waals surface area contributed by atoms with Gasteiger partial charge in [-0.2, -0.15) is 0 Å². The molecule has 0 aromatic heterocycles. The third kappa shape index (κ3) is 5.19. The van der Waals surface area contributed by atoms with Gasteiger partial charge in [-0.05, 0) is 45.3 Å². The van der Waals surface area contributed by atoms with Crippen molar-refractivity contribution in [3.05, 3.63) is 0 Å². The molecule has 1 unspecified atom stereocenters. The van der Waals surface area contributed by atoms with Gasteiger partial charge in [0.15, 0.2) is 0 Å². The number of rotatable bonds is 7. The Hall–Kier alpha value is -1.10. The van der Waals surface area contributed by atoms with Crippen molar-refractivity contribution in [1.29, 1.82) is 0 Å². The van der Waals surface area contributed by atoms with E-state index in [1.54, 1.807) is 14.0 Å². The van der Waals surface area contributed by atoms with Crippen LogP contribution < -0.4 is 0 Å². The lowest BCUT2D eigenvalue weighted by Gasteiger charge is -2.27. The summed E-state index contributed by atoms with van der Waals surface area (Å²) in [5, 5.41) is 9.02. The predicted octanol–water partition coefficient (Wildman–Crippen LogP) is 1.57. The zero-order valence-corrected chi connectivity index (χ0v) is 12.1. The Morgan fingerprint density at radius 1 is 1.26 bits per heavy atom. The van der Waals surface area contributed by atoms with Gasteiger partial charge in [-0.25, -0.2) is 4.79 Å². The molecule has 1 saturated heterocycles. The molecule has 0 aromatic carbocycles. The van der Waals surface area contributed by atoms with E-state index in [9.17, 15) is 9.59 Å². The van der Waals surface area contributed by atoms with Crippen LogP contribution in [0.15, 0.2) is 0 Å². The molecule has 0 spiro atoms. The number of amides is 1. The number of hydrogen-bond acceptors (Lipinski definition) is 3. The highest BCUT2D eigenvalue weighted by Gasteiger charge is 2.24. The lowest BCUT2D eigenvalue weighted by atomic mass is 10.1. The van der Waals surface area contributed by atoms with Crippen LogP contribution in [-0.4, -0.2) is 59.5 Å². The summed E-state index contributed by atoms with van der Waals surface area (Å²) >= 11 is 0. The summed E-state index contributed by atoms with van der Waals surface area (Å²) in [7, 11) is 1.59. The maximum absolute atomic E-state index is 11.9. The topological polar surface area (TPSA) is 60.9 Å². The molecule has 19 heavy (non-hydrogen) atoms. The lowest BCUT2D eigenvalue weighted by Crippen LogP contribution is -2.42. The molecule has 1 amide bonds. The Balaban J connectivity index is 2.27. The molecule has 1 atom stereocenters. The van der Waals surface area contributed by atoms with Crippen molar-refractivity contribution in [2.24, 2.45) is 0 Å². The molecule has 1 fully saturated rings. The fourth-order valence-corrected chi connectivity index (χ4v) is 2.60. The average Bonchev–Trinajstić information content (AvgIpc) is 2.40. The normalized spacial score (nSPS) is 18.0. The Morgan fingerprint density at radius 3 is 2.42 bits per heavy atom. The molecule has 0 bridgehead atoms. The number of carbonyl (C=O) groups excluding carboxylic acids is 1. The summed E-state index contributed by atoms with van der Waals surface area (Å²) in [4.78, 5) is 26.7. The van der Waals surface area contributed by atoms with Gasteiger partial charge in [0.2, 0.25) is 5.91 Å². The van der Waals surface area contributed by atoms with E-state index in [1.807, 2.05) is 0 Å². The molecular weight excluding hydrogens is 244 g/mol. The van der Waals surface area contributed by atoms with Gasteiger partial charge in [0.1, 0.15) is 6.04 Å². The van der Waals surface area contributed by atoms with Crippen molar-refractivity contribution < 1.29 is 14.7 Å². The molecule has 1 heterocycles. The molecule has 1 aliphatic rings. The van der Waals surface area contributed by atoms with Gasteiger partial charge in [-0.1, -0.05) is 13.3 Å². The fourth-order valence-electron chi connectivity index (χ4n) is 2.60. The maximum atomic E-state index is 11.9. The number of carbonyl (C=O) groups is 2. The summed E-state index contributed by atoms with van der Waals surface area (Å²) in [5.74, 6) is -0.986.